The molecule has 0 atom stereocenters. The summed E-state index contributed by atoms with van der Waals surface area (Å²) >= 11 is 0. The van der Waals surface area contributed by atoms with Crippen molar-refractivity contribution in [2.75, 3.05) is 33.7 Å². The second kappa shape index (κ2) is 9.35. The van der Waals surface area contributed by atoms with Gasteiger partial charge in [-0.25, -0.2) is 4.79 Å². The number of hydrogen-bond donors (Lipinski definition) is 1. The molecular formula is C25H43N3O3. The van der Waals surface area contributed by atoms with E-state index in [0.717, 1.165) is 51.5 Å². The van der Waals surface area contributed by atoms with Crippen LogP contribution in [0.2, 0.25) is 0 Å². The van der Waals surface area contributed by atoms with E-state index in [1.807, 2.05) is 25.7 Å². The molecule has 2 fully saturated rings. The zero-order valence-electron chi connectivity index (χ0n) is 20.1. The molecule has 0 bridgehead atoms. The summed E-state index contributed by atoms with van der Waals surface area (Å²) in [4.78, 5) is 28.9. The van der Waals surface area contributed by atoms with E-state index in [-0.39, 0.29) is 18.3 Å². The van der Waals surface area contributed by atoms with Crippen LogP contribution in [0.25, 0.3) is 0 Å². The highest BCUT2D eigenvalue weighted by atomic mass is 16.6. The Morgan fingerprint density at radius 2 is 1.94 bits per heavy atom. The number of carbonyl (C=O) groups excluding carboxylic acids is 2. The van der Waals surface area contributed by atoms with Crippen molar-refractivity contribution in [2.45, 2.75) is 83.3 Å². The molecule has 2 aliphatic carbocycles. The van der Waals surface area contributed by atoms with Crippen LogP contribution in [-0.4, -0.2) is 66.7 Å². The van der Waals surface area contributed by atoms with Crippen LogP contribution in [-0.2, 0) is 9.53 Å². The Balaban J connectivity index is 0.00000363. The molecule has 31 heavy (non-hydrogen) atoms. The van der Waals surface area contributed by atoms with Gasteiger partial charge in [-0.3, -0.25) is 9.69 Å². The number of carbonyl (C=O) groups is 2. The third-order valence-corrected chi connectivity index (χ3v) is 7.20. The molecule has 2 amide bonds. The van der Waals surface area contributed by atoms with Gasteiger partial charge in [0.15, 0.2) is 0 Å². The molecule has 1 heterocycles. The number of amides is 2. The van der Waals surface area contributed by atoms with E-state index < -0.39 is 11.7 Å². The van der Waals surface area contributed by atoms with Gasteiger partial charge in [0.2, 0.25) is 5.91 Å². The first kappa shape index (κ1) is 23.8. The highest BCUT2D eigenvalue weighted by Gasteiger charge is 2.50. The van der Waals surface area contributed by atoms with Gasteiger partial charge in [0.25, 0.3) is 0 Å². The lowest BCUT2D eigenvalue weighted by Gasteiger charge is -2.49. The van der Waals surface area contributed by atoms with E-state index in [0.29, 0.717) is 19.5 Å². The molecule has 1 spiro atoms. The molecule has 0 aromatic carbocycles. The SMILES string of the molecule is CN(C)C1(C2=CCCC=C2)CCC2(CC1)CC(=O)N(CCCNC(=O)OC(C)(C)C)C2.[HH]. The fourth-order valence-corrected chi connectivity index (χ4v) is 5.44. The fourth-order valence-electron chi connectivity index (χ4n) is 5.44. The number of allylic oxidation sites excluding steroid dienone is 2. The number of rotatable bonds is 6. The highest BCUT2D eigenvalue weighted by Crippen LogP contribution is 2.51. The molecule has 6 heteroatoms. The molecule has 176 valence electrons. The lowest BCUT2D eigenvalue weighted by molar-refractivity contribution is -0.127. The zero-order chi connectivity index (χ0) is 22.7. The minimum absolute atomic E-state index is 0. The first-order valence-corrected chi connectivity index (χ1v) is 11.8. The predicted octanol–water partition coefficient (Wildman–Crippen LogP) is 4.52. The van der Waals surface area contributed by atoms with Crippen LogP contribution in [0.4, 0.5) is 4.79 Å². The van der Waals surface area contributed by atoms with E-state index in [9.17, 15) is 9.59 Å². The Bertz CT molecular complexity index is 731. The number of hydrogen-bond acceptors (Lipinski definition) is 4. The first-order chi connectivity index (χ1) is 14.6. The van der Waals surface area contributed by atoms with Crippen LogP contribution in [0.1, 0.15) is 73.6 Å². The summed E-state index contributed by atoms with van der Waals surface area (Å²) in [6.45, 7) is 7.64. The monoisotopic (exact) mass is 433 g/mol. The Morgan fingerprint density at radius 1 is 1.23 bits per heavy atom. The minimum Gasteiger partial charge on any atom is -0.444 e. The van der Waals surface area contributed by atoms with Gasteiger partial charge in [0.1, 0.15) is 5.60 Å². The summed E-state index contributed by atoms with van der Waals surface area (Å²) in [5, 5.41) is 2.79. The van der Waals surface area contributed by atoms with Gasteiger partial charge >= 0.3 is 6.09 Å². The zero-order valence-corrected chi connectivity index (χ0v) is 20.1. The normalized spacial score (nSPS) is 28.9. The Morgan fingerprint density at radius 3 is 2.52 bits per heavy atom. The highest BCUT2D eigenvalue weighted by molar-refractivity contribution is 5.79. The maximum Gasteiger partial charge on any atom is 0.407 e. The molecule has 1 N–H and O–H groups in total. The lowest BCUT2D eigenvalue weighted by Crippen LogP contribution is -2.51. The number of nitrogens with zero attached hydrogens (tertiary/aromatic N) is 2. The second-order valence-electron chi connectivity index (χ2n) is 10.8. The molecule has 1 saturated carbocycles. The van der Waals surface area contributed by atoms with Crippen molar-refractivity contribution in [1.29, 1.82) is 0 Å². The molecule has 6 nitrogen and oxygen atoms in total. The van der Waals surface area contributed by atoms with E-state index in [1.165, 1.54) is 5.57 Å². The van der Waals surface area contributed by atoms with Crippen LogP contribution in [0.5, 0.6) is 0 Å². The third-order valence-electron chi connectivity index (χ3n) is 7.20. The molecule has 0 unspecified atom stereocenters. The molecule has 3 aliphatic rings. The van der Waals surface area contributed by atoms with E-state index in [2.05, 4.69) is 42.5 Å². The minimum atomic E-state index is -0.492. The van der Waals surface area contributed by atoms with Gasteiger partial charge in [-0.2, -0.15) is 0 Å². The summed E-state index contributed by atoms with van der Waals surface area (Å²) < 4.78 is 5.27. The third kappa shape index (κ3) is 5.71. The van der Waals surface area contributed by atoms with Crippen molar-refractivity contribution >= 4 is 12.0 Å². The van der Waals surface area contributed by atoms with Gasteiger partial charge < -0.3 is 15.0 Å². The Labute approximate surface area is 189 Å². The molecule has 0 aromatic rings. The molecular weight excluding hydrogens is 390 g/mol. The van der Waals surface area contributed by atoms with Crippen molar-refractivity contribution < 1.29 is 15.8 Å². The number of likely N-dealkylation sites (N-methyl/N-ethyl adjacent to an activating group) is 1. The van der Waals surface area contributed by atoms with Crippen LogP contribution < -0.4 is 5.32 Å². The maximum absolute atomic E-state index is 12.7. The van der Waals surface area contributed by atoms with Crippen LogP contribution in [0.15, 0.2) is 23.8 Å². The summed E-state index contributed by atoms with van der Waals surface area (Å²) in [6, 6.07) is 0. The van der Waals surface area contributed by atoms with Crippen molar-refractivity contribution in [2.24, 2.45) is 5.41 Å². The topological polar surface area (TPSA) is 61.9 Å². The summed E-state index contributed by atoms with van der Waals surface area (Å²) in [5.41, 5.74) is 1.20. The van der Waals surface area contributed by atoms with E-state index >= 15 is 0 Å². The average molecular weight is 434 g/mol. The summed E-state index contributed by atoms with van der Waals surface area (Å²) in [5.74, 6) is 0.270. The Kier molecular flexibility index (Phi) is 7.19. The van der Waals surface area contributed by atoms with Crippen molar-refractivity contribution in [3.05, 3.63) is 23.8 Å². The van der Waals surface area contributed by atoms with Gasteiger partial charge in [0.05, 0.1) is 0 Å². The van der Waals surface area contributed by atoms with E-state index in [1.54, 1.807) is 0 Å². The molecule has 1 aliphatic heterocycles. The molecule has 1 saturated heterocycles. The smallest absolute Gasteiger partial charge is 0.407 e. The van der Waals surface area contributed by atoms with Crippen molar-refractivity contribution in [3.63, 3.8) is 0 Å². The van der Waals surface area contributed by atoms with Crippen LogP contribution in [0.3, 0.4) is 0 Å². The fraction of sp³-hybridized carbons (Fsp3) is 0.760. The first-order valence-electron chi connectivity index (χ1n) is 11.8. The summed E-state index contributed by atoms with van der Waals surface area (Å²) in [6.07, 6.45) is 14.8. The predicted molar refractivity (Wildman–Crippen MR) is 126 cm³/mol. The standard InChI is InChI=1S/C25H41N3O3.H2/c1-23(2,3)31-22(30)26-16-9-17-28-19-24(18-21(28)29)12-14-25(15-13-24,27(4)5)20-10-7-6-8-11-20;/h7,10-11H,6,8-9,12-19H2,1-5H3,(H,26,30);1H. The van der Waals surface area contributed by atoms with Crippen molar-refractivity contribution in [3.8, 4) is 0 Å². The van der Waals surface area contributed by atoms with E-state index in [4.69, 9.17) is 4.74 Å². The average Bonchev–Trinajstić information content (AvgIpc) is 3.00. The number of nitrogens with one attached hydrogen (secondary N) is 1. The van der Waals surface area contributed by atoms with Gasteiger partial charge in [0, 0.05) is 33.0 Å². The largest absolute Gasteiger partial charge is 0.444 e. The molecule has 0 radical (unpaired) electrons. The quantitative estimate of drug-likeness (QED) is 0.626. The van der Waals surface area contributed by atoms with Gasteiger partial charge in [-0.1, -0.05) is 18.2 Å². The number of alkyl carbamates (subject to hydrolysis) is 1. The second-order valence-corrected chi connectivity index (χ2v) is 10.8. The number of ether oxygens (including phenoxy) is 1. The molecule has 3 rings (SSSR count). The van der Waals surface area contributed by atoms with Crippen molar-refractivity contribution in [1.82, 2.24) is 15.1 Å². The maximum atomic E-state index is 12.7. The van der Waals surface area contributed by atoms with Gasteiger partial charge in [-0.05, 0) is 90.8 Å². The molecule has 0 aromatic heterocycles. The lowest BCUT2D eigenvalue weighted by atomic mass is 9.63. The summed E-state index contributed by atoms with van der Waals surface area (Å²) in [7, 11) is 4.40. The van der Waals surface area contributed by atoms with Crippen LogP contribution in [0, 0.1) is 5.41 Å². The van der Waals surface area contributed by atoms with Gasteiger partial charge in [-0.15, -0.1) is 0 Å². The van der Waals surface area contributed by atoms with Crippen LogP contribution >= 0.6 is 0 Å². The Hall–Kier alpha value is -1.82. The number of likely N-dealkylation sites (tertiary alicyclic amines) is 1.